The number of nitrogens with zero attached hydrogens (tertiary/aromatic N) is 1. The number of carbonyl (C=O) groups is 5. The molecule has 31 heavy (non-hydrogen) atoms. The van der Waals surface area contributed by atoms with E-state index in [9.17, 15) is 29.1 Å². The second-order valence-corrected chi connectivity index (χ2v) is 7.59. The van der Waals surface area contributed by atoms with Gasteiger partial charge in [0.25, 0.3) is 11.1 Å². The monoisotopic (exact) mass is 440 g/mol. The van der Waals surface area contributed by atoms with Gasteiger partial charge in [0.15, 0.2) is 0 Å². The van der Waals surface area contributed by atoms with E-state index in [0.29, 0.717) is 11.8 Å². The number of carboxylic acids is 2. The topological polar surface area (TPSA) is 141 Å². The number of carbonyl (C=O) groups excluding carboxylic acids is 3. The first kappa shape index (κ1) is 21.8. The number of anilines is 1. The van der Waals surface area contributed by atoms with Gasteiger partial charge in [-0.3, -0.25) is 19.3 Å². The molecule has 0 aliphatic carbocycles. The Kier molecular flexibility index (Phi) is 6.21. The highest BCUT2D eigenvalue weighted by Gasteiger charge is 2.36. The van der Waals surface area contributed by atoms with Crippen molar-refractivity contribution in [2.24, 2.45) is 0 Å². The lowest BCUT2D eigenvalue weighted by atomic mass is 10.1. The summed E-state index contributed by atoms with van der Waals surface area (Å²) in [6.07, 6.45) is 1.54. The molecule has 0 spiro atoms. The third-order valence-electron chi connectivity index (χ3n) is 4.32. The van der Waals surface area contributed by atoms with Gasteiger partial charge in [0, 0.05) is 0 Å². The summed E-state index contributed by atoms with van der Waals surface area (Å²) in [4.78, 5) is 60.5. The van der Waals surface area contributed by atoms with Crippen molar-refractivity contribution in [3.8, 4) is 0 Å². The Bertz CT molecular complexity index is 1140. The molecule has 0 unspecified atom stereocenters. The summed E-state index contributed by atoms with van der Waals surface area (Å²) in [7, 11) is 0. The Morgan fingerprint density at radius 1 is 1.03 bits per heavy atom. The van der Waals surface area contributed by atoms with Gasteiger partial charge in [0.1, 0.15) is 6.54 Å². The number of carboxylic acid groups (broad SMARTS) is 2. The Morgan fingerprint density at radius 2 is 1.71 bits per heavy atom. The van der Waals surface area contributed by atoms with Crippen molar-refractivity contribution >= 4 is 52.5 Å². The first-order valence-corrected chi connectivity index (χ1v) is 9.70. The predicted molar refractivity (Wildman–Crippen MR) is 113 cm³/mol. The maximum Gasteiger partial charge on any atom is 0.337 e. The van der Waals surface area contributed by atoms with Gasteiger partial charge in [-0.15, -0.1) is 0 Å². The van der Waals surface area contributed by atoms with Gasteiger partial charge in [0.2, 0.25) is 5.91 Å². The summed E-state index contributed by atoms with van der Waals surface area (Å²) in [5.74, 6) is -4.17. The zero-order valence-electron chi connectivity index (χ0n) is 16.1. The van der Waals surface area contributed by atoms with E-state index >= 15 is 0 Å². The van der Waals surface area contributed by atoms with Crippen LogP contribution in [-0.2, 0) is 9.59 Å². The Morgan fingerprint density at radius 3 is 2.32 bits per heavy atom. The molecule has 0 atom stereocenters. The Labute approximate surface area is 180 Å². The molecule has 3 amide bonds. The molecule has 0 saturated carbocycles. The van der Waals surface area contributed by atoms with Crippen molar-refractivity contribution in [3.05, 3.63) is 69.6 Å². The van der Waals surface area contributed by atoms with E-state index in [4.69, 9.17) is 5.11 Å². The lowest BCUT2D eigenvalue weighted by Gasteiger charge is -2.14. The van der Waals surface area contributed by atoms with Gasteiger partial charge >= 0.3 is 11.9 Å². The third-order valence-corrected chi connectivity index (χ3v) is 5.23. The van der Waals surface area contributed by atoms with Crippen molar-refractivity contribution < 1.29 is 34.2 Å². The van der Waals surface area contributed by atoms with Crippen LogP contribution in [0.15, 0.2) is 47.4 Å². The first-order valence-electron chi connectivity index (χ1n) is 8.88. The number of nitrogens with one attached hydrogen (secondary N) is 1. The lowest BCUT2D eigenvalue weighted by Crippen LogP contribution is -2.36. The van der Waals surface area contributed by atoms with Crippen molar-refractivity contribution in [1.82, 2.24) is 4.90 Å². The molecule has 1 saturated heterocycles. The molecule has 2 aromatic rings. The zero-order chi connectivity index (χ0) is 22.7. The van der Waals surface area contributed by atoms with Crippen LogP contribution in [-0.4, -0.2) is 50.6 Å². The molecule has 2 aromatic carbocycles. The van der Waals surface area contributed by atoms with E-state index in [1.807, 2.05) is 19.1 Å². The largest absolute Gasteiger partial charge is 0.478 e. The molecule has 1 fully saturated rings. The second-order valence-electron chi connectivity index (χ2n) is 6.60. The van der Waals surface area contributed by atoms with E-state index in [1.54, 1.807) is 18.2 Å². The normalized spacial score (nSPS) is 14.7. The van der Waals surface area contributed by atoms with Crippen LogP contribution < -0.4 is 5.32 Å². The van der Waals surface area contributed by atoms with E-state index in [0.717, 1.165) is 34.2 Å². The quantitative estimate of drug-likeness (QED) is 0.582. The molecule has 158 valence electrons. The predicted octanol–water partition coefficient (Wildman–Crippen LogP) is 3.07. The number of amides is 3. The van der Waals surface area contributed by atoms with Crippen LogP contribution >= 0.6 is 11.8 Å². The summed E-state index contributed by atoms with van der Waals surface area (Å²) in [6.45, 7) is 1.27. The van der Waals surface area contributed by atoms with E-state index in [-0.39, 0.29) is 21.7 Å². The standard InChI is InChI=1S/C21H16N2O7S/c1-11-2-4-12(5-3-11)8-16-18(25)23(21(30)31-16)10-17(24)22-15-9-13(19(26)27)6-7-14(15)20(28)29/h2-9H,10H2,1H3,(H,22,24)(H,26,27)(H,28,29)/b16-8-. The number of thioether (sulfide) groups is 1. The summed E-state index contributed by atoms with van der Waals surface area (Å²) < 4.78 is 0. The number of benzene rings is 2. The molecule has 9 nitrogen and oxygen atoms in total. The van der Waals surface area contributed by atoms with Crippen LogP contribution in [0.1, 0.15) is 31.8 Å². The average Bonchev–Trinajstić information content (AvgIpc) is 2.96. The fourth-order valence-electron chi connectivity index (χ4n) is 2.75. The highest BCUT2D eigenvalue weighted by atomic mass is 32.2. The number of rotatable bonds is 6. The van der Waals surface area contributed by atoms with Crippen molar-refractivity contribution in [3.63, 3.8) is 0 Å². The van der Waals surface area contributed by atoms with Crippen molar-refractivity contribution in [1.29, 1.82) is 0 Å². The highest BCUT2D eigenvalue weighted by molar-refractivity contribution is 8.18. The van der Waals surface area contributed by atoms with Crippen LogP contribution in [0.5, 0.6) is 0 Å². The SMILES string of the molecule is Cc1ccc(/C=C2\SC(=O)N(CC(=O)Nc3cc(C(=O)O)ccc3C(=O)O)C2=O)cc1. The summed E-state index contributed by atoms with van der Waals surface area (Å²) in [5, 5.41) is 19.9. The average molecular weight is 440 g/mol. The van der Waals surface area contributed by atoms with Gasteiger partial charge in [-0.1, -0.05) is 29.8 Å². The van der Waals surface area contributed by atoms with Gasteiger partial charge in [-0.2, -0.15) is 0 Å². The number of aromatic carboxylic acids is 2. The van der Waals surface area contributed by atoms with Crippen molar-refractivity contribution in [2.45, 2.75) is 6.92 Å². The molecule has 1 aliphatic rings. The fourth-order valence-corrected chi connectivity index (χ4v) is 3.59. The zero-order valence-corrected chi connectivity index (χ0v) is 16.9. The summed E-state index contributed by atoms with van der Waals surface area (Å²) in [6, 6.07) is 10.4. The lowest BCUT2D eigenvalue weighted by molar-refractivity contribution is -0.127. The smallest absolute Gasteiger partial charge is 0.337 e. The Hall–Kier alpha value is -3.92. The maximum absolute atomic E-state index is 12.6. The minimum absolute atomic E-state index is 0.153. The highest BCUT2D eigenvalue weighted by Crippen LogP contribution is 2.32. The van der Waals surface area contributed by atoms with E-state index in [1.165, 1.54) is 0 Å². The van der Waals surface area contributed by atoms with Crippen LogP contribution in [0.3, 0.4) is 0 Å². The summed E-state index contributed by atoms with van der Waals surface area (Å²) in [5.41, 5.74) is 0.950. The molecular formula is C21H16N2O7S. The molecular weight excluding hydrogens is 424 g/mol. The van der Waals surface area contributed by atoms with Crippen LogP contribution in [0, 0.1) is 6.92 Å². The molecule has 0 radical (unpaired) electrons. The maximum atomic E-state index is 12.6. The van der Waals surface area contributed by atoms with Crippen molar-refractivity contribution in [2.75, 3.05) is 11.9 Å². The van der Waals surface area contributed by atoms with Gasteiger partial charge in [0.05, 0.1) is 21.7 Å². The number of imide groups is 1. The van der Waals surface area contributed by atoms with Gasteiger partial charge in [-0.25, -0.2) is 9.59 Å². The second kappa shape index (κ2) is 8.84. The molecule has 0 bridgehead atoms. The minimum Gasteiger partial charge on any atom is -0.478 e. The van der Waals surface area contributed by atoms with E-state index in [2.05, 4.69) is 5.32 Å². The molecule has 10 heteroatoms. The molecule has 3 rings (SSSR count). The molecule has 1 aliphatic heterocycles. The Balaban J connectivity index is 1.76. The van der Waals surface area contributed by atoms with Crippen LogP contribution in [0.2, 0.25) is 0 Å². The molecule has 3 N–H and O–H groups in total. The fraction of sp³-hybridized carbons (Fsp3) is 0.0952. The molecule has 0 aromatic heterocycles. The minimum atomic E-state index is -1.38. The van der Waals surface area contributed by atoms with Gasteiger partial charge < -0.3 is 15.5 Å². The first-order chi connectivity index (χ1) is 14.7. The number of aryl methyl sites for hydroxylation is 1. The number of hydrogen-bond donors (Lipinski definition) is 3. The van der Waals surface area contributed by atoms with Gasteiger partial charge in [-0.05, 0) is 48.5 Å². The van der Waals surface area contributed by atoms with E-state index < -0.39 is 35.5 Å². The van der Waals surface area contributed by atoms with Crippen LogP contribution in [0.25, 0.3) is 6.08 Å². The van der Waals surface area contributed by atoms with Crippen LogP contribution in [0.4, 0.5) is 10.5 Å². The third kappa shape index (κ3) is 4.98. The summed E-state index contributed by atoms with van der Waals surface area (Å²) >= 11 is 0.690. The molecule has 1 heterocycles. The number of hydrogen-bond acceptors (Lipinski definition) is 6.